The molecule has 64 valence electrons. The summed E-state index contributed by atoms with van der Waals surface area (Å²) in [5, 5.41) is 26.6. The number of rotatable bonds is 1. The van der Waals surface area contributed by atoms with Gasteiger partial charge in [-0.1, -0.05) is 0 Å². The maximum atomic E-state index is 10.4. The zero-order valence-corrected chi connectivity index (χ0v) is 7.37. The van der Waals surface area contributed by atoms with E-state index in [1.165, 1.54) is 0 Å². The molecule has 0 fully saturated rings. The first-order chi connectivity index (χ1) is 5.52. The summed E-state index contributed by atoms with van der Waals surface area (Å²) in [6, 6.07) is 2.10. The quantitative estimate of drug-likeness (QED) is 0.643. The predicted octanol–water partition coefficient (Wildman–Crippen LogP) is 1.56. The fourth-order valence-electron chi connectivity index (χ4n) is 0.723. The minimum absolute atomic E-state index is 0.217. The Balaban J connectivity index is 3.33. The highest BCUT2D eigenvalue weighted by Gasteiger charge is 2.12. The van der Waals surface area contributed by atoms with Gasteiger partial charge in [0.2, 0.25) is 0 Å². The van der Waals surface area contributed by atoms with E-state index in [4.69, 9.17) is 15.3 Å². The molecule has 0 atom stereocenters. The van der Waals surface area contributed by atoms with Gasteiger partial charge in [-0.3, -0.25) is 0 Å². The average Bonchev–Trinajstić information content (AvgIpc) is 1.96. The van der Waals surface area contributed by atoms with Gasteiger partial charge in [-0.2, -0.15) is 0 Å². The third kappa shape index (κ3) is 1.50. The van der Waals surface area contributed by atoms with Crippen LogP contribution < -0.4 is 0 Å². The van der Waals surface area contributed by atoms with Gasteiger partial charge < -0.3 is 15.3 Å². The Labute approximate surface area is 76.2 Å². The van der Waals surface area contributed by atoms with E-state index in [0.717, 1.165) is 12.1 Å². The summed E-state index contributed by atoms with van der Waals surface area (Å²) in [6.07, 6.45) is 0. The van der Waals surface area contributed by atoms with Crippen molar-refractivity contribution in [2.75, 3.05) is 0 Å². The van der Waals surface area contributed by atoms with Crippen molar-refractivity contribution in [3.05, 3.63) is 22.2 Å². The molecule has 0 saturated heterocycles. The van der Waals surface area contributed by atoms with Crippen LogP contribution in [0, 0.1) is 0 Å². The Morgan fingerprint density at radius 2 is 1.83 bits per heavy atom. The van der Waals surface area contributed by atoms with Crippen LogP contribution in [0.25, 0.3) is 0 Å². The zero-order chi connectivity index (χ0) is 9.30. The number of hydrogen-bond donors (Lipinski definition) is 3. The van der Waals surface area contributed by atoms with Crippen LogP contribution in [0.2, 0.25) is 0 Å². The number of phenolic OH excluding ortho intramolecular Hbond substituents is 1. The molecule has 0 aliphatic rings. The summed E-state index contributed by atoms with van der Waals surface area (Å²) < 4.78 is 0.255. The molecular weight excluding hydrogens is 228 g/mol. The summed E-state index contributed by atoms with van der Waals surface area (Å²) in [7, 11) is 0. The number of aromatic carboxylic acids is 1. The standard InChI is InChI=1S/C7H5BrO4/c8-4-2-5(9)3(7(11)12)1-6(4)10/h1-2,9-10H,(H,11,12). The fraction of sp³-hybridized carbons (Fsp3) is 0. The molecular formula is C7H5BrO4. The van der Waals surface area contributed by atoms with Crippen LogP contribution in [-0.4, -0.2) is 21.3 Å². The normalized spacial score (nSPS) is 9.75. The summed E-state index contributed by atoms with van der Waals surface area (Å²) in [5.41, 5.74) is -0.323. The van der Waals surface area contributed by atoms with Crippen LogP contribution in [0.4, 0.5) is 0 Å². The lowest BCUT2D eigenvalue weighted by atomic mass is 10.2. The average molecular weight is 233 g/mol. The third-order valence-electron chi connectivity index (χ3n) is 1.30. The SMILES string of the molecule is O=C(O)c1cc(O)c(Br)cc1O. The second-order valence-electron chi connectivity index (χ2n) is 2.13. The van der Waals surface area contributed by atoms with E-state index < -0.39 is 5.97 Å². The molecule has 12 heavy (non-hydrogen) atoms. The van der Waals surface area contributed by atoms with Crippen molar-refractivity contribution in [3.8, 4) is 11.5 Å². The molecule has 1 rings (SSSR count). The van der Waals surface area contributed by atoms with E-state index in [2.05, 4.69) is 15.9 Å². The highest BCUT2D eigenvalue weighted by atomic mass is 79.9. The number of carboxylic acids is 1. The molecule has 5 heteroatoms. The molecule has 0 amide bonds. The second kappa shape index (κ2) is 3.02. The van der Waals surface area contributed by atoms with Gasteiger partial charge in [-0.25, -0.2) is 4.79 Å². The van der Waals surface area contributed by atoms with Crippen LogP contribution in [0.5, 0.6) is 11.5 Å². The van der Waals surface area contributed by atoms with Crippen molar-refractivity contribution in [1.82, 2.24) is 0 Å². The van der Waals surface area contributed by atoms with Crippen LogP contribution >= 0.6 is 15.9 Å². The first-order valence-corrected chi connectivity index (χ1v) is 3.76. The van der Waals surface area contributed by atoms with Gasteiger partial charge in [0, 0.05) is 0 Å². The number of phenols is 2. The highest BCUT2D eigenvalue weighted by molar-refractivity contribution is 9.10. The molecule has 1 aromatic carbocycles. The molecule has 0 radical (unpaired) electrons. The lowest BCUT2D eigenvalue weighted by Crippen LogP contribution is -1.96. The minimum Gasteiger partial charge on any atom is -0.507 e. The van der Waals surface area contributed by atoms with Crippen molar-refractivity contribution < 1.29 is 20.1 Å². The molecule has 0 saturated carbocycles. The Morgan fingerprint density at radius 3 is 2.33 bits per heavy atom. The van der Waals surface area contributed by atoms with E-state index in [1.54, 1.807) is 0 Å². The van der Waals surface area contributed by atoms with E-state index in [9.17, 15) is 4.79 Å². The topological polar surface area (TPSA) is 77.8 Å². The molecule has 0 aromatic heterocycles. The molecule has 3 N–H and O–H groups in total. The molecule has 0 spiro atoms. The van der Waals surface area contributed by atoms with E-state index in [-0.39, 0.29) is 21.5 Å². The van der Waals surface area contributed by atoms with Gasteiger partial charge >= 0.3 is 5.97 Å². The molecule has 0 heterocycles. The van der Waals surface area contributed by atoms with Gasteiger partial charge in [0.25, 0.3) is 0 Å². The fourth-order valence-corrected chi connectivity index (χ4v) is 1.05. The number of benzene rings is 1. The maximum Gasteiger partial charge on any atom is 0.339 e. The Bertz CT molecular complexity index is 334. The molecule has 0 bridgehead atoms. The largest absolute Gasteiger partial charge is 0.507 e. The van der Waals surface area contributed by atoms with Gasteiger partial charge in [0.15, 0.2) is 0 Å². The monoisotopic (exact) mass is 232 g/mol. The van der Waals surface area contributed by atoms with E-state index in [1.807, 2.05) is 0 Å². The molecule has 4 nitrogen and oxygen atoms in total. The van der Waals surface area contributed by atoms with Gasteiger partial charge in [-0.15, -0.1) is 0 Å². The highest BCUT2D eigenvalue weighted by Crippen LogP contribution is 2.30. The number of carbonyl (C=O) groups is 1. The van der Waals surface area contributed by atoms with Crippen molar-refractivity contribution in [1.29, 1.82) is 0 Å². The number of hydrogen-bond acceptors (Lipinski definition) is 3. The Morgan fingerprint density at radius 1 is 1.25 bits per heavy atom. The zero-order valence-electron chi connectivity index (χ0n) is 5.78. The molecule has 1 aromatic rings. The van der Waals surface area contributed by atoms with Gasteiger partial charge in [-0.05, 0) is 28.1 Å². The molecule has 0 aliphatic heterocycles. The summed E-state index contributed by atoms with van der Waals surface area (Å²) in [6.45, 7) is 0. The van der Waals surface area contributed by atoms with E-state index >= 15 is 0 Å². The maximum absolute atomic E-state index is 10.4. The lowest BCUT2D eigenvalue weighted by molar-refractivity contribution is 0.0693. The smallest absolute Gasteiger partial charge is 0.339 e. The van der Waals surface area contributed by atoms with Gasteiger partial charge in [0.1, 0.15) is 17.1 Å². The molecule has 0 aliphatic carbocycles. The second-order valence-corrected chi connectivity index (χ2v) is 2.98. The first-order valence-electron chi connectivity index (χ1n) is 2.97. The first kappa shape index (κ1) is 8.86. The summed E-state index contributed by atoms with van der Waals surface area (Å²) in [4.78, 5) is 10.4. The lowest BCUT2D eigenvalue weighted by Gasteiger charge is -2.01. The summed E-state index contributed by atoms with van der Waals surface area (Å²) >= 11 is 2.93. The minimum atomic E-state index is -1.28. The van der Waals surface area contributed by atoms with Crippen LogP contribution in [0.1, 0.15) is 10.4 Å². The van der Waals surface area contributed by atoms with Gasteiger partial charge in [0.05, 0.1) is 4.47 Å². The number of aromatic hydroxyl groups is 2. The third-order valence-corrected chi connectivity index (χ3v) is 1.93. The number of halogens is 1. The van der Waals surface area contributed by atoms with Crippen molar-refractivity contribution >= 4 is 21.9 Å². The van der Waals surface area contributed by atoms with E-state index in [0.29, 0.717) is 0 Å². The van der Waals surface area contributed by atoms with Crippen molar-refractivity contribution in [2.24, 2.45) is 0 Å². The predicted molar refractivity (Wildman–Crippen MR) is 44.4 cm³/mol. The Hall–Kier alpha value is -1.23. The Kier molecular flexibility index (Phi) is 2.23. The van der Waals surface area contributed by atoms with Crippen LogP contribution in [-0.2, 0) is 0 Å². The van der Waals surface area contributed by atoms with Crippen molar-refractivity contribution in [2.45, 2.75) is 0 Å². The molecule has 0 unspecified atom stereocenters. The van der Waals surface area contributed by atoms with Crippen LogP contribution in [0.3, 0.4) is 0 Å². The summed E-state index contributed by atoms with van der Waals surface area (Å²) in [5.74, 6) is -1.88. The van der Waals surface area contributed by atoms with Crippen molar-refractivity contribution in [3.63, 3.8) is 0 Å². The van der Waals surface area contributed by atoms with Crippen LogP contribution in [0.15, 0.2) is 16.6 Å². The number of carboxylic acid groups (broad SMARTS) is 1.